The van der Waals surface area contributed by atoms with Crippen LogP contribution in [0, 0.1) is 11.8 Å². The van der Waals surface area contributed by atoms with Crippen molar-refractivity contribution in [1.82, 2.24) is 0 Å². The smallest absolute Gasteiger partial charge is 0.123 e. The second-order valence-corrected chi connectivity index (χ2v) is 8.99. The van der Waals surface area contributed by atoms with Gasteiger partial charge in [-0.2, -0.15) is 0 Å². The normalized spacial score (nSPS) is 37.5. The van der Waals surface area contributed by atoms with Crippen LogP contribution >= 0.6 is 0 Å². The molecule has 1 saturated heterocycles. The second kappa shape index (κ2) is 5.45. The lowest BCUT2D eigenvalue weighted by Crippen LogP contribution is -2.42. The van der Waals surface area contributed by atoms with E-state index in [0.29, 0.717) is 11.8 Å². The van der Waals surface area contributed by atoms with Crippen LogP contribution in [0.5, 0.6) is 0 Å². The summed E-state index contributed by atoms with van der Waals surface area (Å²) in [5.74, 6) is 1.35. The molecule has 1 heteroatoms. The molecule has 2 aliphatic heterocycles. The van der Waals surface area contributed by atoms with E-state index in [-0.39, 0.29) is 11.2 Å². The van der Waals surface area contributed by atoms with E-state index in [1.165, 1.54) is 68.9 Å². The minimum atomic E-state index is -0.195. The van der Waals surface area contributed by atoms with Crippen LogP contribution in [-0.2, 0) is 22.4 Å². The molecule has 26 heavy (non-hydrogen) atoms. The van der Waals surface area contributed by atoms with Crippen molar-refractivity contribution in [1.29, 1.82) is 0 Å². The van der Waals surface area contributed by atoms with Gasteiger partial charge in [-0.3, -0.25) is 0 Å². The molecular formula is C25H28O. The molecule has 0 N–H and O–H groups in total. The van der Waals surface area contributed by atoms with E-state index in [2.05, 4.69) is 48.5 Å². The first-order valence-electron chi connectivity index (χ1n) is 10.7. The Labute approximate surface area is 156 Å². The molecule has 2 heterocycles. The Morgan fingerprint density at radius 2 is 1.58 bits per heavy atom. The van der Waals surface area contributed by atoms with E-state index in [1.807, 2.05) is 0 Å². The lowest BCUT2D eigenvalue weighted by atomic mass is 9.56. The first kappa shape index (κ1) is 15.5. The third kappa shape index (κ3) is 1.76. The van der Waals surface area contributed by atoms with E-state index >= 15 is 0 Å². The Kier molecular flexibility index (Phi) is 3.24. The average molecular weight is 344 g/mol. The predicted octanol–water partition coefficient (Wildman–Crippen LogP) is 6.09. The summed E-state index contributed by atoms with van der Waals surface area (Å²) in [4.78, 5) is 0. The van der Waals surface area contributed by atoms with Crippen molar-refractivity contribution in [2.45, 2.75) is 69.0 Å². The molecule has 2 aromatic carbocycles. The first-order valence-corrected chi connectivity index (χ1v) is 10.7. The van der Waals surface area contributed by atoms with Crippen molar-refractivity contribution >= 4 is 0 Å². The van der Waals surface area contributed by atoms with Crippen LogP contribution in [0.2, 0.25) is 0 Å². The molecule has 1 saturated carbocycles. The van der Waals surface area contributed by atoms with Gasteiger partial charge in [0.1, 0.15) is 5.60 Å². The highest BCUT2D eigenvalue weighted by atomic mass is 16.5. The van der Waals surface area contributed by atoms with E-state index < -0.39 is 0 Å². The number of ether oxygens (including phenoxy) is 1. The predicted molar refractivity (Wildman–Crippen MR) is 104 cm³/mol. The molecule has 2 aliphatic carbocycles. The molecule has 6 rings (SSSR count). The maximum Gasteiger partial charge on any atom is 0.123 e. The van der Waals surface area contributed by atoms with Crippen molar-refractivity contribution in [2.24, 2.45) is 11.8 Å². The van der Waals surface area contributed by atoms with Crippen LogP contribution in [0.3, 0.4) is 0 Å². The van der Waals surface area contributed by atoms with Gasteiger partial charge in [0.2, 0.25) is 0 Å². The molecule has 2 bridgehead atoms. The van der Waals surface area contributed by atoms with Crippen molar-refractivity contribution in [2.75, 3.05) is 0 Å². The molecule has 0 radical (unpaired) electrons. The van der Waals surface area contributed by atoms with Crippen LogP contribution < -0.4 is 0 Å². The monoisotopic (exact) mass is 344 g/mol. The van der Waals surface area contributed by atoms with Crippen LogP contribution in [-0.4, -0.2) is 0 Å². The zero-order valence-electron chi connectivity index (χ0n) is 15.5. The summed E-state index contributed by atoms with van der Waals surface area (Å²) in [7, 11) is 0. The Balaban J connectivity index is 1.65. The summed E-state index contributed by atoms with van der Waals surface area (Å²) in [6, 6.07) is 18.3. The topological polar surface area (TPSA) is 9.23 Å². The second-order valence-electron chi connectivity index (χ2n) is 8.99. The Bertz CT molecular complexity index is 840. The maximum absolute atomic E-state index is 7.34. The quantitative estimate of drug-likeness (QED) is 0.608. The van der Waals surface area contributed by atoms with Crippen LogP contribution in [0.25, 0.3) is 0 Å². The number of hydrogen-bond acceptors (Lipinski definition) is 1. The standard InChI is InChI=1S/C25H28O/c1-2-7-15-21-20(14-6-1)24-17-9-11-18-10-8-16-22(23(18)24)25(21,26-24)19-12-4-3-5-13-19/h3-5,8,10,12-13,16,20-21H,1-2,6-7,9,11,14-15,17H2. The van der Waals surface area contributed by atoms with Crippen LogP contribution in [0.4, 0.5) is 0 Å². The summed E-state index contributed by atoms with van der Waals surface area (Å²) in [5, 5.41) is 0. The van der Waals surface area contributed by atoms with Gasteiger partial charge in [0.15, 0.2) is 0 Å². The summed E-state index contributed by atoms with van der Waals surface area (Å²) in [5.41, 5.74) is 5.91. The van der Waals surface area contributed by atoms with Crippen molar-refractivity contribution in [3.63, 3.8) is 0 Å². The van der Waals surface area contributed by atoms with Crippen molar-refractivity contribution < 1.29 is 4.74 Å². The van der Waals surface area contributed by atoms with Crippen molar-refractivity contribution in [3.05, 3.63) is 70.8 Å². The molecule has 2 aromatic rings. The lowest BCUT2D eigenvalue weighted by molar-refractivity contribution is -0.0910. The molecule has 0 amide bonds. The highest BCUT2D eigenvalue weighted by molar-refractivity contribution is 5.56. The summed E-state index contributed by atoms with van der Waals surface area (Å²) < 4.78 is 7.34. The Hall–Kier alpha value is -1.60. The Morgan fingerprint density at radius 1 is 0.769 bits per heavy atom. The van der Waals surface area contributed by atoms with Gasteiger partial charge in [-0.15, -0.1) is 0 Å². The van der Waals surface area contributed by atoms with Gasteiger partial charge in [0.25, 0.3) is 0 Å². The zero-order valence-corrected chi connectivity index (χ0v) is 15.5. The van der Waals surface area contributed by atoms with Gasteiger partial charge >= 0.3 is 0 Å². The van der Waals surface area contributed by atoms with Gasteiger partial charge in [-0.1, -0.05) is 74.2 Å². The van der Waals surface area contributed by atoms with E-state index in [4.69, 9.17) is 4.74 Å². The number of aryl methyl sites for hydroxylation is 1. The van der Waals surface area contributed by atoms with Gasteiger partial charge in [0, 0.05) is 5.92 Å². The first-order chi connectivity index (χ1) is 12.9. The molecule has 1 spiro atoms. The highest BCUT2D eigenvalue weighted by Crippen LogP contribution is 2.71. The zero-order chi connectivity index (χ0) is 17.2. The lowest BCUT2D eigenvalue weighted by Gasteiger charge is -2.44. The molecule has 0 aromatic heterocycles. The number of fused-ring (bicyclic) bond motifs is 4. The van der Waals surface area contributed by atoms with Gasteiger partial charge in [-0.05, 0) is 60.3 Å². The van der Waals surface area contributed by atoms with E-state index in [1.54, 1.807) is 11.1 Å². The fourth-order valence-corrected chi connectivity index (χ4v) is 7.09. The summed E-state index contributed by atoms with van der Waals surface area (Å²) in [6.45, 7) is 0. The van der Waals surface area contributed by atoms with E-state index in [0.717, 1.165) is 0 Å². The van der Waals surface area contributed by atoms with Gasteiger partial charge in [0.05, 0.1) is 5.60 Å². The SMILES string of the molecule is c1ccc(C23OC4(CCCc5cccc2c54)C2CCCCCCC23)cc1. The highest BCUT2D eigenvalue weighted by Gasteiger charge is 2.70. The molecule has 2 fully saturated rings. The van der Waals surface area contributed by atoms with Crippen molar-refractivity contribution in [3.8, 4) is 0 Å². The number of hydrogen-bond donors (Lipinski definition) is 0. The Morgan fingerprint density at radius 3 is 2.42 bits per heavy atom. The van der Waals surface area contributed by atoms with Crippen LogP contribution in [0.15, 0.2) is 48.5 Å². The van der Waals surface area contributed by atoms with E-state index in [9.17, 15) is 0 Å². The molecule has 4 aliphatic rings. The largest absolute Gasteiger partial charge is 0.354 e. The van der Waals surface area contributed by atoms with Gasteiger partial charge < -0.3 is 4.74 Å². The summed E-state index contributed by atoms with van der Waals surface area (Å²) in [6.07, 6.45) is 12.0. The minimum Gasteiger partial charge on any atom is -0.354 e. The number of benzene rings is 2. The maximum atomic E-state index is 7.34. The molecule has 4 unspecified atom stereocenters. The number of rotatable bonds is 1. The minimum absolute atomic E-state index is 0.00201. The molecule has 134 valence electrons. The fraction of sp³-hybridized carbons (Fsp3) is 0.520. The molecule has 1 nitrogen and oxygen atoms in total. The third-order valence-corrected chi connectivity index (χ3v) is 7.90. The molecule has 4 atom stereocenters. The average Bonchev–Trinajstić information content (AvgIpc) is 3.10. The van der Waals surface area contributed by atoms with Gasteiger partial charge in [-0.25, -0.2) is 0 Å². The third-order valence-electron chi connectivity index (χ3n) is 7.90. The van der Waals surface area contributed by atoms with Crippen LogP contribution in [0.1, 0.15) is 73.6 Å². The fourth-order valence-electron chi connectivity index (χ4n) is 7.09. The summed E-state index contributed by atoms with van der Waals surface area (Å²) >= 11 is 0. The molecular weight excluding hydrogens is 316 g/mol.